The van der Waals surface area contributed by atoms with Crippen molar-refractivity contribution in [1.29, 1.82) is 0 Å². The number of halogens is 4. The second-order valence-corrected chi connectivity index (χ2v) is 5.00. The molecule has 0 fully saturated rings. The first-order valence-electron chi connectivity index (χ1n) is 6.32. The predicted molar refractivity (Wildman–Crippen MR) is 71.4 cm³/mol. The van der Waals surface area contributed by atoms with Crippen LogP contribution in [0, 0.1) is 19.7 Å². The second kappa shape index (κ2) is 5.48. The van der Waals surface area contributed by atoms with Crippen LogP contribution >= 0.6 is 0 Å². The summed E-state index contributed by atoms with van der Waals surface area (Å²) in [6.07, 6.45) is -5.94. The van der Waals surface area contributed by atoms with Gasteiger partial charge in [0, 0.05) is 5.56 Å². The Morgan fingerprint density at radius 2 is 1.71 bits per heavy atom. The lowest BCUT2D eigenvalue weighted by Gasteiger charge is -2.17. The van der Waals surface area contributed by atoms with Crippen molar-refractivity contribution in [3.63, 3.8) is 0 Å². The zero-order valence-electron chi connectivity index (χ0n) is 11.5. The van der Waals surface area contributed by atoms with Crippen LogP contribution in [0.4, 0.5) is 17.6 Å². The summed E-state index contributed by atoms with van der Waals surface area (Å²) in [7, 11) is 0. The Hall–Kier alpha value is -1.88. The minimum absolute atomic E-state index is 0.0000699. The lowest BCUT2D eigenvalue weighted by molar-refractivity contribution is -0.137. The van der Waals surface area contributed by atoms with Gasteiger partial charge in [-0.05, 0) is 48.7 Å². The molecule has 21 heavy (non-hydrogen) atoms. The molecule has 0 aliphatic heterocycles. The summed E-state index contributed by atoms with van der Waals surface area (Å²) in [4.78, 5) is 0. The standard InChI is InChI=1S/C16H14F4O/c1-9-6-10(2)14(13(17)7-9)15(21)11-4-3-5-12(8-11)16(18,19)20/h3-8,15,21H,1-2H3. The van der Waals surface area contributed by atoms with Crippen LogP contribution in [0.2, 0.25) is 0 Å². The molecule has 0 heterocycles. The Labute approximate surface area is 119 Å². The van der Waals surface area contributed by atoms with Gasteiger partial charge in [-0.15, -0.1) is 0 Å². The Morgan fingerprint density at radius 1 is 1.05 bits per heavy atom. The first-order valence-corrected chi connectivity index (χ1v) is 6.32. The molecule has 0 bridgehead atoms. The summed E-state index contributed by atoms with van der Waals surface area (Å²) in [6.45, 7) is 3.32. The lowest BCUT2D eigenvalue weighted by Crippen LogP contribution is -2.09. The highest BCUT2D eigenvalue weighted by molar-refractivity contribution is 5.40. The van der Waals surface area contributed by atoms with Crippen molar-refractivity contribution in [3.8, 4) is 0 Å². The van der Waals surface area contributed by atoms with Gasteiger partial charge >= 0.3 is 6.18 Å². The topological polar surface area (TPSA) is 20.2 Å². The Balaban J connectivity index is 2.48. The van der Waals surface area contributed by atoms with E-state index in [1.54, 1.807) is 19.9 Å². The number of aliphatic hydroxyl groups is 1. The summed E-state index contributed by atoms with van der Waals surface area (Å²) >= 11 is 0. The van der Waals surface area contributed by atoms with Gasteiger partial charge < -0.3 is 5.11 Å². The molecule has 0 spiro atoms. The van der Waals surface area contributed by atoms with Crippen LogP contribution in [0.25, 0.3) is 0 Å². The number of hydrogen-bond acceptors (Lipinski definition) is 1. The zero-order chi connectivity index (χ0) is 15.8. The van der Waals surface area contributed by atoms with Crippen LogP contribution in [0.5, 0.6) is 0 Å². The first kappa shape index (κ1) is 15.5. The molecule has 0 radical (unpaired) electrons. The van der Waals surface area contributed by atoms with Crippen molar-refractivity contribution in [1.82, 2.24) is 0 Å². The van der Waals surface area contributed by atoms with Crippen molar-refractivity contribution in [2.45, 2.75) is 26.1 Å². The molecule has 0 aliphatic carbocycles. The van der Waals surface area contributed by atoms with Gasteiger partial charge in [0.15, 0.2) is 0 Å². The van der Waals surface area contributed by atoms with Gasteiger partial charge in [0.2, 0.25) is 0 Å². The smallest absolute Gasteiger partial charge is 0.384 e. The normalized spacial score (nSPS) is 13.3. The number of aryl methyl sites for hydroxylation is 2. The van der Waals surface area contributed by atoms with Gasteiger partial charge in [-0.1, -0.05) is 18.2 Å². The van der Waals surface area contributed by atoms with Gasteiger partial charge in [0.25, 0.3) is 0 Å². The van der Waals surface area contributed by atoms with E-state index in [-0.39, 0.29) is 11.1 Å². The van der Waals surface area contributed by atoms with E-state index in [4.69, 9.17) is 0 Å². The van der Waals surface area contributed by atoms with Crippen LogP contribution in [0.3, 0.4) is 0 Å². The first-order chi connectivity index (χ1) is 9.70. The molecule has 0 aliphatic rings. The Kier molecular flexibility index (Phi) is 4.05. The van der Waals surface area contributed by atoms with Crippen LogP contribution < -0.4 is 0 Å². The maximum atomic E-state index is 14.0. The third-order valence-corrected chi connectivity index (χ3v) is 3.28. The van der Waals surface area contributed by atoms with E-state index in [1.165, 1.54) is 18.2 Å². The molecule has 1 unspecified atom stereocenters. The van der Waals surface area contributed by atoms with Crippen LogP contribution in [-0.2, 0) is 6.18 Å². The third-order valence-electron chi connectivity index (χ3n) is 3.28. The average molecular weight is 298 g/mol. The average Bonchev–Trinajstić information content (AvgIpc) is 2.36. The largest absolute Gasteiger partial charge is 0.416 e. The minimum Gasteiger partial charge on any atom is -0.384 e. The van der Waals surface area contributed by atoms with E-state index in [9.17, 15) is 22.7 Å². The molecule has 0 aromatic heterocycles. The molecule has 2 rings (SSSR count). The molecule has 0 saturated carbocycles. The van der Waals surface area contributed by atoms with Crippen LogP contribution in [-0.4, -0.2) is 5.11 Å². The fourth-order valence-corrected chi connectivity index (χ4v) is 2.32. The van der Waals surface area contributed by atoms with Crippen molar-refractivity contribution in [3.05, 3.63) is 70.0 Å². The maximum absolute atomic E-state index is 14.0. The fraction of sp³-hybridized carbons (Fsp3) is 0.250. The lowest BCUT2D eigenvalue weighted by atomic mass is 9.94. The number of hydrogen-bond donors (Lipinski definition) is 1. The minimum atomic E-state index is -4.50. The van der Waals surface area contributed by atoms with Gasteiger partial charge in [-0.3, -0.25) is 0 Å². The second-order valence-electron chi connectivity index (χ2n) is 5.00. The highest BCUT2D eigenvalue weighted by atomic mass is 19.4. The van der Waals surface area contributed by atoms with Gasteiger partial charge in [-0.2, -0.15) is 13.2 Å². The Morgan fingerprint density at radius 3 is 2.29 bits per heavy atom. The fourth-order valence-electron chi connectivity index (χ4n) is 2.32. The summed E-state index contributed by atoms with van der Waals surface area (Å²) in [5.41, 5.74) is 0.322. The van der Waals surface area contributed by atoms with Crippen molar-refractivity contribution < 1.29 is 22.7 Å². The number of aliphatic hydroxyl groups excluding tert-OH is 1. The van der Waals surface area contributed by atoms with E-state index >= 15 is 0 Å². The molecule has 2 aromatic carbocycles. The molecular weight excluding hydrogens is 284 g/mol. The highest BCUT2D eigenvalue weighted by Gasteiger charge is 2.31. The van der Waals surface area contributed by atoms with E-state index < -0.39 is 23.7 Å². The zero-order valence-corrected chi connectivity index (χ0v) is 11.5. The monoisotopic (exact) mass is 298 g/mol. The quantitative estimate of drug-likeness (QED) is 0.807. The highest BCUT2D eigenvalue weighted by Crippen LogP contribution is 2.33. The summed E-state index contributed by atoms with van der Waals surface area (Å²) in [5.74, 6) is -0.627. The maximum Gasteiger partial charge on any atom is 0.416 e. The predicted octanol–water partition coefficient (Wildman–Crippen LogP) is 4.54. The summed E-state index contributed by atoms with van der Waals surface area (Å²) in [6, 6.07) is 7.22. The number of alkyl halides is 3. The molecule has 1 N–H and O–H groups in total. The van der Waals surface area contributed by atoms with E-state index in [0.717, 1.165) is 12.1 Å². The van der Waals surface area contributed by atoms with Crippen molar-refractivity contribution in [2.75, 3.05) is 0 Å². The van der Waals surface area contributed by atoms with E-state index in [0.29, 0.717) is 11.1 Å². The van der Waals surface area contributed by atoms with Crippen LogP contribution in [0.1, 0.15) is 33.9 Å². The van der Waals surface area contributed by atoms with Gasteiger partial charge in [0.1, 0.15) is 11.9 Å². The number of benzene rings is 2. The SMILES string of the molecule is Cc1cc(C)c(C(O)c2cccc(C(F)(F)F)c2)c(F)c1. The molecule has 0 amide bonds. The Bertz CT molecular complexity index is 639. The van der Waals surface area contributed by atoms with Crippen molar-refractivity contribution >= 4 is 0 Å². The summed E-state index contributed by atoms with van der Waals surface area (Å²) in [5, 5.41) is 10.2. The summed E-state index contributed by atoms with van der Waals surface area (Å²) < 4.78 is 52.1. The molecule has 0 saturated heterocycles. The number of rotatable bonds is 2. The van der Waals surface area contributed by atoms with Crippen LogP contribution in [0.15, 0.2) is 36.4 Å². The van der Waals surface area contributed by atoms with E-state index in [1.807, 2.05) is 0 Å². The van der Waals surface area contributed by atoms with E-state index in [2.05, 4.69) is 0 Å². The molecule has 1 nitrogen and oxygen atoms in total. The molecule has 2 aromatic rings. The molecule has 5 heteroatoms. The molecular formula is C16H14F4O. The van der Waals surface area contributed by atoms with Gasteiger partial charge in [-0.25, -0.2) is 4.39 Å². The van der Waals surface area contributed by atoms with Gasteiger partial charge in [0.05, 0.1) is 5.56 Å². The van der Waals surface area contributed by atoms with Crippen molar-refractivity contribution in [2.24, 2.45) is 0 Å². The molecule has 1 atom stereocenters. The molecule has 112 valence electrons. The third kappa shape index (κ3) is 3.24.